The number of nitrogens with zero attached hydrogens (tertiary/aromatic N) is 3. The van der Waals surface area contributed by atoms with E-state index in [1.807, 2.05) is 24.3 Å². The summed E-state index contributed by atoms with van der Waals surface area (Å²) >= 11 is 7.87. The maximum Gasteiger partial charge on any atom is 0.133 e. The first-order valence-electron chi connectivity index (χ1n) is 9.85. The quantitative estimate of drug-likeness (QED) is 0.707. The van der Waals surface area contributed by atoms with Crippen molar-refractivity contribution in [3.8, 4) is 0 Å². The van der Waals surface area contributed by atoms with Crippen molar-refractivity contribution in [2.24, 2.45) is 0 Å². The zero-order valence-corrected chi connectivity index (χ0v) is 18.1. The van der Waals surface area contributed by atoms with Crippen LogP contribution < -0.4 is 0 Å². The van der Waals surface area contributed by atoms with Crippen LogP contribution in [0.15, 0.2) is 65.7 Å². The molecule has 0 bridgehead atoms. The minimum atomic E-state index is -0.635. The van der Waals surface area contributed by atoms with E-state index in [1.165, 1.54) is 10.4 Å². The summed E-state index contributed by atoms with van der Waals surface area (Å²) in [7, 11) is 1.72. The van der Waals surface area contributed by atoms with E-state index in [2.05, 4.69) is 39.4 Å². The third-order valence-corrected chi connectivity index (χ3v) is 6.82. The van der Waals surface area contributed by atoms with Crippen LogP contribution >= 0.6 is 22.9 Å². The molecule has 1 saturated heterocycles. The predicted molar refractivity (Wildman–Crippen MR) is 117 cm³/mol. The van der Waals surface area contributed by atoms with Crippen molar-refractivity contribution in [1.82, 2.24) is 9.80 Å². The van der Waals surface area contributed by atoms with Gasteiger partial charge in [-0.1, -0.05) is 29.8 Å². The van der Waals surface area contributed by atoms with Crippen molar-refractivity contribution in [2.75, 3.05) is 39.8 Å². The molecule has 1 fully saturated rings. The monoisotopic (exact) mass is 432 g/mol. The molecule has 4 rings (SSSR count). The fourth-order valence-electron chi connectivity index (χ4n) is 3.96. The number of thiophene rings is 1. The van der Waals surface area contributed by atoms with Crippen molar-refractivity contribution < 1.29 is 15.0 Å². The largest absolute Gasteiger partial charge is 0.374 e. The van der Waals surface area contributed by atoms with Gasteiger partial charge in [-0.25, -0.2) is 5.21 Å². The molecule has 2 N–H and O–H groups in total. The SMILES string of the molecule is C[N+]1(O)C=CC(C(O)N2CCN(C(c3ccc(Cl)cc3)c3cccs3)CC2)=CC1. The average Bonchev–Trinajstić information content (AvgIpc) is 3.24. The summed E-state index contributed by atoms with van der Waals surface area (Å²) in [5.41, 5.74) is 2.10. The molecule has 1 aromatic heterocycles. The Morgan fingerprint density at radius 1 is 1.07 bits per heavy atom. The minimum absolute atomic E-state index is 0.173. The Bertz CT molecular complexity index is 872. The smallest absolute Gasteiger partial charge is 0.133 e. The van der Waals surface area contributed by atoms with E-state index in [0.717, 1.165) is 36.8 Å². The maximum atomic E-state index is 10.8. The molecule has 154 valence electrons. The Balaban J connectivity index is 1.45. The van der Waals surface area contributed by atoms with Crippen molar-refractivity contribution >= 4 is 22.9 Å². The Kier molecular flexibility index (Phi) is 6.22. The molecule has 0 amide bonds. The first-order valence-corrected chi connectivity index (χ1v) is 11.1. The van der Waals surface area contributed by atoms with E-state index >= 15 is 0 Å². The molecule has 0 spiro atoms. The molecule has 2 aromatic rings. The summed E-state index contributed by atoms with van der Waals surface area (Å²) in [6.07, 6.45) is 4.81. The molecule has 29 heavy (non-hydrogen) atoms. The molecular formula is C22H27ClN3O2S+. The third kappa shape index (κ3) is 4.81. The number of halogens is 1. The molecule has 7 heteroatoms. The number of hydrogen-bond acceptors (Lipinski definition) is 5. The highest BCUT2D eigenvalue weighted by Gasteiger charge is 2.31. The normalized spacial score (nSPS) is 25.6. The van der Waals surface area contributed by atoms with Gasteiger partial charge < -0.3 is 5.11 Å². The van der Waals surface area contributed by atoms with Crippen LogP contribution in [-0.4, -0.2) is 70.8 Å². The molecule has 3 atom stereocenters. The number of likely N-dealkylation sites (N-methyl/N-ethyl adjacent to an activating group) is 1. The number of hydrogen-bond donors (Lipinski definition) is 2. The molecule has 3 heterocycles. The van der Waals surface area contributed by atoms with E-state index in [9.17, 15) is 10.3 Å². The fourth-order valence-corrected chi connectivity index (χ4v) is 4.97. The highest BCUT2D eigenvalue weighted by atomic mass is 35.5. The number of rotatable bonds is 5. The summed E-state index contributed by atoms with van der Waals surface area (Å²) in [4.78, 5) is 5.90. The lowest BCUT2D eigenvalue weighted by atomic mass is 10.0. The first-order chi connectivity index (χ1) is 13.9. The van der Waals surface area contributed by atoms with Crippen molar-refractivity contribution in [2.45, 2.75) is 12.3 Å². The van der Waals surface area contributed by atoms with Gasteiger partial charge in [-0.15, -0.1) is 11.3 Å². The highest BCUT2D eigenvalue weighted by molar-refractivity contribution is 7.10. The zero-order valence-electron chi connectivity index (χ0n) is 16.5. The highest BCUT2D eigenvalue weighted by Crippen LogP contribution is 2.33. The van der Waals surface area contributed by atoms with Crippen molar-refractivity contribution in [3.63, 3.8) is 0 Å². The predicted octanol–water partition coefficient (Wildman–Crippen LogP) is 3.72. The van der Waals surface area contributed by atoms with E-state index in [0.29, 0.717) is 6.54 Å². The van der Waals surface area contributed by atoms with Crippen LogP contribution in [0.5, 0.6) is 0 Å². The first kappa shape index (κ1) is 20.8. The molecule has 1 aromatic carbocycles. The second-order valence-corrected chi connectivity index (χ2v) is 9.25. The fraction of sp³-hybridized carbons (Fsp3) is 0.364. The number of aliphatic hydroxyl groups is 1. The van der Waals surface area contributed by atoms with Crippen LogP contribution in [0, 0.1) is 0 Å². The van der Waals surface area contributed by atoms with Gasteiger partial charge >= 0.3 is 0 Å². The number of aliphatic hydroxyl groups excluding tert-OH is 1. The van der Waals surface area contributed by atoms with Gasteiger partial charge in [-0.2, -0.15) is 4.65 Å². The summed E-state index contributed by atoms with van der Waals surface area (Å²) in [5, 5.41) is 23.7. The number of hydroxylamine groups is 3. The summed E-state index contributed by atoms with van der Waals surface area (Å²) < 4.78 is -0.173. The van der Waals surface area contributed by atoms with Gasteiger partial charge in [-0.3, -0.25) is 9.80 Å². The third-order valence-electron chi connectivity index (χ3n) is 5.64. The van der Waals surface area contributed by atoms with Gasteiger partial charge in [0.1, 0.15) is 26.0 Å². The van der Waals surface area contributed by atoms with Gasteiger partial charge in [0, 0.05) is 47.7 Å². The molecule has 0 radical (unpaired) electrons. The van der Waals surface area contributed by atoms with Crippen LogP contribution in [-0.2, 0) is 0 Å². The molecule has 2 aliphatic rings. The summed E-state index contributed by atoms with van der Waals surface area (Å²) in [5.74, 6) is 0. The van der Waals surface area contributed by atoms with Crippen molar-refractivity contribution in [3.05, 3.63) is 81.2 Å². The van der Waals surface area contributed by atoms with E-state index in [1.54, 1.807) is 24.6 Å². The second kappa shape index (κ2) is 8.70. The van der Waals surface area contributed by atoms with Gasteiger partial charge in [0.2, 0.25) is 0 Å². The molecule has 3 unspecified atom stereocenters. The van der Waals surface area contributed by atoms with Gasteiger partial charge in [0.15, 0.2) is 0 Å². The Labute approximate surface area is 180 Å². The number of benzene rings is 1. The molecular weight excluding hydrogens is 406 g/mol. The van der Waals surface area contributed by atoms with Gasteiger partial charge in [0.25, 0.3) is 0 Å². The van der Waals surface area contributed by atoms with E-state index in [4.69, 9.17) is 11.6 Å². The molecule has 5 nitrogen and oxygen atoms in total. The van der Waals surface area contributed by atoms with E-state index in [-0.39, 0.29) is 10.7 Å². The Hall–Kier alpha value is -1.51. The second-order valence-electron chi connectivity index (χ2n) is 7.83. The number of piperazine rings is 1. The maximum absolute atomic E-state index is 10.8. The van der Waals surface area contributed by atoms with Crippen LogP contribution in [0.3, 0.4) is 0 Å². The van der Waals surface area contributed by atoms with Crippen LogP contribution in [0.2, 0.25) is 5.02 Å². The van der Waals surface area contributed by atoms with Crippen LogP contribution in [0.4, 0.5) is 0 Å². The lowest BCUT2D eigenvalue weighted by Crippen LogP contribution is -2.52. The lowest BCUT2D eigenvalue weighted by Gasteiger charge is -2.41. The lowest BCUT2D eigenvalue weighted by molar-refractivity contribution is -1.04. The minimum Gasteiger partial charge on any atom is -0.374 e. The van der Waals surface area contributed by atoms with Gasteiger partial charge in [0.05, 0.1) is 6.04 Å². The summed E-state index contributed by atoms with van der Waals surface area (Å²) in [6, 6.07) is 12.6. The standard InChI is InChI=1S/C22H27ClN3O2S/c1-26(28)14-8-18(9-15-26)22(27)25-12-10-24(11-13-25)21(20-3-2-16-29-20)17-4-6-19(23)7-5-17/h2-9,14,16,21-22,27-28H,10-13,15H2,1H3/q+1. The Morgan fingerprint density at radius 2 is 1.76 bits per heavy atom. The van der Waals surface area contributed by atoms with Gasteiger partial charge in [-0.05, 0) is 35.2 Å². The van der Waals surface area contributed by atoms with Crippen LogP contribution in [0.1, 0.15) is 16.5 Å². The topological polar surface area (TPSA) is 46.9 Å². The number of quaternary nitrogens is 1. The molecule has 0 saturated carbocycles. The molecule has 2 aliphatic heterocycles. The van der Waals surface area contributed by atoms with Crippen LogP contribution in [0.25, 0.3) is 0 Å². The van der Waals surface area contributed by atoms with Crippen molar-refractivity contribution in [1.29, 1.82) is 0 Å². The zero-order chi connectivity index (χ0) is 20.4. The van der Waals surface area contributed by atoms with E-state index < -0.39 is 6.23 Å². The molecule has 0 aliphatic carbocycles. The Morgan fingerprint density at radius 3 is 2.34 bits per heavy atom. The summed E-state index contributed by atoms with van der Waals surface area (Å²) in [6.45, 7) is 3.78. The average molecular weight is 433 g/mol.